The molecule has 0 aromatic rings. The van der Waals surface area contributed by atoms with Crippen LogP contribution in [0.5, 0.6) is 0 Å². The zero-order valence-corrected chi connectivity index (χ0v) is 13.0. The van der Waals surface area contributed by atoms with Gasteiger partial charge in [0.05, 0.1) is 0 Å². The van der Waals surface area contributed by atoms with Crippen molar-refractivity contribution in [3.05, 3.63) is 0 Å². The molecule has 0 aromatic carbocycles. The Kier molecular flexibility index (Phi) is 15.6. The van der Waals surface area contributed by atoms with Gasteiger partial charge in [0, 0.05) is 0 Å². The van der Waals surface area contributed by atoms with E-state index in [-0.39, 0.29) is 0 Å². The van der Waals surface area contributed by atoms with Gasteiger partial charge in [0.25, 0.3) is 0 Å². The van der Waals surface area contributed by atoms with E-state index in [0.29, 0.717) is 0 Å². The van der Waals surface area contributed by atoms with E-state index in [2.05, 4.69) is 34.6 Å². The molecule has 0 aliphatic carbocycles. The first-order chi connectivity index (χ1) is 5.54. The van der Waals surface area contributed by atoms with Crippen molar-refractivity contribution in [3.8, 4) is 0 Å². The van der Waals surface area contributed by atoms with Gasteiger partial charge in [0.15, 0.2) is 0 Å². The molecule has 0 unspecified atom stereocenters. The molecule has 0 saturated heterocycles. The van der Waals surface area contributed by atoms with E-state index < -0.39 is 0 Å². The third-order valence-corrected chi connectivity index (χ3v) is 3.83. The topological polar surface area (TPSA) is 0 Å². The van der Waals surface area contributed by atoms with Gasteiger partial charge in [-0.3, -0.25) is 0 Å². The molecule has 0 amide bonds. The molecule has 0 rings (SSSR count). The summed E-state index contributed by atoms with van der Waals surface area (Å²) in [5.74, 6) is 1.86. The van der Waals surface area contributed by atoms with Gasteiger partial charge in [0.2, 0.25) is 31.5 Å². The lowest BCUT2D eigenvalue weighted by molar-refractivity contribution is 0.700. The Morgan fingerprint density at radius 1 is 1.00 bits per heavy atom. The zero-order valence-electron chi connectivity index (χ0n) is 9.85. The highest BCUT2D eigenvalue weighted by molar-refractivity contribution is 6.35. The lowest BCUT2D eigenvalue weighted by Gasteiger charge is -2.03. The van der Waals surface area contributed by atoms with Gasteiger partial charge in [-0.05, 0) is 0 Å². The number of rotatable bonds is 4. The molecule has 0 aliphatic heterocycles. The van der Waals surface area contributed by atoms with E-state index in [4.69, 9.17) is 0 Å². The molecule has 1 radical (unpaired) electrons. The minimum Gasteiger partial charge on any atom is -0.104 e. The van der Waals surface area contributed by atoms with Crippen molar-refractivity contribution in [1.82, 2.24) is 0 Å². The second kappa shape index (κ2) is 12.1. The third kappa shape index (κ3) is 22.5. The lowest BCUT2D eigenvalue weighted by Crippen LogP contribution is -1.99. The lowest BCUT2D eigenvalue weighted by atomic mass is 10.3. The molecule has 0 spiro atoms. The summed E-state index contributed by atoms with van der Waals surface area (Å²) >= 11 is 2.12. The number of hydrogen-bond donors (Lipinski definition) is 0. The third-order valence-electron chi connectivity index (χ3n) is 1.28. The van der Waals surface area contributed by atoms with Crippen LogP contribution in [0.25, 0.3) is 0 Å². The Morgan fingerprint density at radius 2 is 1.25 bits per heavy atom. The molecule has 0 nitrogen and oxygen atoms in total. The van der Waals surface area contributed by atoms with Crippen molar-refractivity contribution in [1.29, 1.82) is 0 Å². The molecular formula is C10H25Al2. The van der Waals surface area contributed by atoms with Gasteiger partial charge in [0.1, 0.15) is 0 Å². The van der Waals surface area contributed by atoms with Gasteiger partial charge in [-0.25, -0.2) is 0 Å². The quantitative estimate of drug-likeness (QED) is 0.611. The fourth-order valence-corrected chi connectivity index (χ4v) is 2.29. The molecule has 2 heteroatoms. The van der Waals surface area contributed by atoms with Crippen molar-refractivity contribution < 1.29 is 0 Å². The normalized spacial score (nSPS) is 9.58. The predicted octanol–water partition coefficient (Wildman–Crippen LogP) is 2.90. The zero-order chi connectivity index (χ0) is 9.98. The summed E-state index contributed by atoms with van der Waals surface area (Å²) in [6, 6.07) is 0. The van der Waals surface area contributed by atoms with E-state index in [1.54, 1.807) is 0 Å². The van der Waals surface area contributed by atoms with E-state index >= 15 is 0 Å². The van der Waals surface area contributed by atoms with E-state index in [9.17, 15) is 0 Å². The fourth-order valence-electron chi connectivity index (χ4n) is 0.763. The molecule has 0 atom stereocenters. The van der Waals surface area contributed by atoms with Gasteiger partial charge < -0.3 is 0 Å². The maximum absolute atomic E-state index is 2.31. The van der Waals surface area contributed by atoms with E-state index in [1.165, 1.54) is 32.1 Å². The van der Waals surface area contributed by atoms with Crippen LogP contribution in [0.15, 0.2) is 0 Å². The summed E-state index contributed by atoms with van der Waals surface area (Å²) < 4.78 is 0. The second-order valence-corrected chi connectivity index (χ2v) is 7.19. The Morgan fingerprint density at radius 3 is 1.42 bits per heavy atom. The van der Waals surface area contributed by atoms with Gasteiger partial charge in [-0.15, -0.1) is 15.8 Å². The monoisotopic (exact) mass is 199 g/mol. The van der Waals surface area contributed by atoms with Crippen LogP contribution in [0.1, 0.15) is 34.6 Å². The summed E-state index contributed by atoms with van der Waals surface area (Å²) in [5, 5.41) is 4.36. The largest absolute Gasteiger partial charge is 0.211 e. The first-order valence-electron chi connectivity index (χ1n) is 5.36. The highest BCUT2D eigenvalue weighted by Crippen LogP contribution is 2.05. The van der Waals surface area contributed by atoms with Crippen molar-refractivity contribution in [2.75, 3.05) is 0 Å². The molecule has 0 saturated carbocycles. The van der Waals surface area contributed by atoms with Gasteiger partial charge >= 0.3 is 0 Å². The minimum atomic E-state index is 0.755. The first kappa shape index (κ1) is 15.5. The highest BCUT2D eigenvalue weighted by Gasteiger charge is 1.98. The fraction of sp³-hybridized carbons (Fsp3) is 1.00. The number of hydrogen-bond acceptors (Lipinski definition) is 0. The molecule has 0 N–H and O–H groups in total. The predicted molar refractivity (Wildman–Crippen MR) is 64.1 cm³/mol. The van der Waals surface area contributed by atoms with Gasteiger partial charge in [-0.1, -0.05) is 46.5 Å². The van der Waals surface area contributed by atoms with Crippen LogP contribution in [0.3, 0.4) is 0 Å². The summed E-state index contributed by atoms with van der Waals surface area (Å²) in [6.07, 6.45) is 0. The van der Waals surface area contributed by atoms with Crippen LogP contribution < -0.4 is 0 Å². The average molecular weight is 199 g/mol. The second-order valence-electron chi connectivity index (χ2n) is 4.25. The van der Waals surface area contributed by atoms with Crippen molar-refractivity contribution >= 4 is 31.5 Å². The molecule has 71 valence electrons. The molecule has 0 bridgehead atoms. The first-order valence-corrected chi connectivity index (χ1v) is 8.40. The van der Waals surface area contributed by atoms with Gasteiger partial charge in [-0.2, -0.15) is 0 Å². The highest BCUT2D eigenvalue weighted by atomic mass is 27.1. The Bertz CT molecular complexity index is 62.2. The average Bonchev–Trinajstić information content (AvgIpc) is 1.87. The van der Waals surface area contributed by atoms with Crippen LogP contribution >= 0.6 is 0 Å². The van der Waals surface area contributed by atoms with Crippen molar-refractivity contribution in [3.63, 3.8) is 0 Å². The maximum atomic E-state index is 2.31. The smallest absolute Gasteiger partial charge is 0.104 e. The minimum absolute atomic E-state index is 0.755. The van der Waals surface area contributed by atoms with Crippen LogP contribution in [0.4, 0.5) is 0 Å². The van der Waals surface area contributed by atoms with Crippen LogP contribution in [-0.4, -0.2) is 31.5 Å². The maximum Gasteiger partial charge on any atom is 0.211 e. The molecule has 0 aliphatic rings. The van der Waals surface area contributed by atoms with Crippen molar-refractivity contribution in [2.24, 2.45) is 11.8 Å². The summed E-state index contributed by atoms with van der Waals surface area (Å²) in [7, 11) is 0. The summed E-state index contributed by atoms with van der Waals surface area (Å²) in [6.45, 7) is 11.4. The molecule has 0 aromatic heterocycles. The van der Waals surface area contributed by atoms with E-state index in [0.717, 1.165) is 27.1 Å². The molecule has 0 fully saturated rings. The summed E-state index contributed by atoms with van der Waals surface area (Å²) in [5.41, 5.74) is 0. The standard InChI is InChI=1S/2C4H9.C2H5.2Al.2H/c2*1-4(2)3;1-2;;;;/h2*4H,1H2,2-3H3;1H2,2H3;;;;. The Hall–Kier alpha value is 1.06. The van der Waals surface area contributed by atoms with Crippen LogP contribution in [0.2, 0.25) is 15.8 Å². The van der Waals surface area contributed by atoms with E-state index in [1.807, 2.05) is 0 Å². The molecule has 0 heterocycles. The van der Waals surface area contributed by atoms with Crippen LogP contribution in [0, 0.1) is 11.8 Å². The van der Waals surface area contributed by atoms with Crippen LogP contribution in [-0.2, 0) is 0 Å². The SMILES string of the molecule is CC(C)[CH2][Al][CH2]C(C)C.C[CH2][AlH2]. The molecular weight excluding hydrogens is 174 g/mol. The Labute approximate surface area is 93.6 Å². The summed E-state index contributed by atoms with van der Waals surface area (Å²) in [4.78, 5) is 0. The molecule has 12 heavy (non-hydrogen) atoms. The van der Waals surface area contributed by atoms with Crippen molar-refractivity contribution in [2.45, 2.75) is 50.5 Å². The Balaban J connectivity index is 0.